The van der Waals surface area contributed by atoms with Crippen molar-refractivity contribution >= 4 is 0 Å². The molecule has 2 N–H and O–H groups in total. The van der Waals surface area contributed by atoms with E-state index in [1.54, 1.807) is 6.33 Å². The van der Waals surface area contributed by atoms with E-state index in [1.165, 1.54) is 29.8 Å². The fraction of sp³-hybridized carbons (Fsp3) is 0.714. The van der Waals surface area contributed by atoms with Crippen LogP contribution in [0.5, 0.6) is 0 Å². The number of nitrogens with zero attached hydrogens (tertiary/aromatic N) is 2. The van der Waals surface area contributed by atoms with Gasteiger partial charge in [0, 0.05) is 23.9 Å². The van der Waals surface area contributed by atoms with Crippen LogP contribution in [0, 0.1) is 5.41 Å². The minimum atomic E-state index is 0.131. The average Bonchev–Trinajstić information content (AvgIpc) is 2.28. The van der Waals surface area contributed by atoms with Crippen molar-refractivity contribution in [1.82, 2.24) is 9.97 Å². The van der Waals surface area contributed by atoms with Gasteiger partial charge in [0.25, 0.3) is 0 Å². The number of hydrogen-bond acceptors (Lipinski definition) is 3. The number of fused-ring (bicyclic) bond motifs is 1. The van der Waals surface area contributed by atoms with Crippen molar-refractivity contribution in [2.75, 3.05) is 0 Å². The predicted molar refractivity (Wildman–Crippen MR) is 69.8 cm³/mol. The zero-order chi connectivity index (χ0) is 12.5. The molecule has 0 aromatic carbocycles. The Labute approximate surface area is 104 Å². The highest BCUT2D eigenvalue weighted by molar-refractivity contribution is 5.27. The zero-order valence-electron chi connectivity index (χ0n) is 11.2. The first-order chi connectivity index (χ1) is 7.98. The van der Waals surface area contributed by atoms with Crippen LogP contribution < -0.4 is 5.73 Å². The summed E-state index contributed by atoms with van der Waals surface area (Å²) in [7, 11) is 0. The van der Waals surface area contributed by atoms with Crippen LogP contribution in [0.3, 0.4) is 0 Å². The molecule has 1 unspecified atom stereocenters. The molecular weight excluding hydrogens is 210 g/mol. The van der Waals surface area contributed by atoms with Gasteiger partial charge in [-0.1, -0.05) is 20.8 Å². The molecule has 2 rings (SSSR count). The monoisotopic (exact) mass is 233 g/mol. The molecule has 94 valence electrons. The van der Waals surface area contributed by atoms with Crippen molar-refractivity contribution in [3.8, 4) is 0 Å². The predicted octanol–water partition coefficient (Wildman–Crippen LogP) is 2.27. The number of aromatic nitrogens is 2. The third kappa shape index (κ3) is 2.83. The maximum absolute atomic E-state index is 6.26. The largest absolute Gasteiger partial charge is 0.327 e. The molecule has 1 heterocycles. The highest BCUT2D eigenvalue weighted by Crippen LogP contribution is 2.25. The molecule has 1 atom stereocenters. The Morgan fingerprint density at radius 3 is 2.65 bits per heavy atom. The molecule has 17 heavy (non-hydrogen) atoms. The maximum atomic E-state index is 6.26. The average molecular weight is 233 g/mol. The zero-order valence-corrected chi connectivity index (χ0v) is 11.2. The first-order valence-corrected chi connectivity index (χ1v) is 6.55. The first kappa shape index (κ1) is 12.5. The molecule has 0 saturated carbocycles. The van der Waals surface area contributed by atoms with E-state index in [0.29, 0.717) is 0 Å². The summed E-state index contributed by atoms with van der Waals surface area (Å²) in [5.74, 6) is 0. The molecule has 0 amide bonds. The van der Waals surface area contributed by atoms with Gasteiger partial charge in [0.15, 0.2) is 0 Å². The summed E-state index contributed by atoms with van der Waals surface area (Å²) in [6.07, 6.45) is 7.33. The second kappa shape index (κ2) is 4.73. The topological polar surface area (TPSA) is 51.8 Å². The van der Waals surface area contributed by atoms with Crippen LogP contribution in [0.15, 0.2) is 6.33 Å². The van der Waals surface area contributed by atoms with Crippen molar-refractivity contribution in [3.05, 3.63) is 23.3 Å². The van der Waals surface area contributed by atoms with Gasteiger partial charge in [-0.05, 0) is 36.7 Å². The van der Waals surface area contributed by atoms with E-state index in [4.69, 9.17) is 5.73 Å². The lowest BCUT2D eigenvalue weighted by molar-refractivity contribution is 0.316. The molecule has 0 aliphatic heterocycles. The Hall–Kier alpha value is -0.960. The summed E-state index contributed by atoms with van der Waals surface area (Å²) in [5, 5.41) is 0. The Morgan fingerprint density at radius 2 is 1.94 bits per heavy atom. The molecule has 0 spiro atoms. The van der Waals surface area contributed by atoms with Crippen LogP contribution in [0.2, 0.25) is 0 Å². The van der Waals surface area contributed by atoms with Gasteiger partial charge in [0.05, 0.1) is 0 Å². The van der Waals surface area contributed by atoms with Gasteiger partial charge in [0.2, 0.25) is 0 Å². The van der Waals surface area contributed by atoms with Gasteiger partial charge in [-0.15, -0.1) is 0 Å². The molecule has 0 radical (unpaired) electrons. The van der Waals surface area contributed by atoms with E-state index in [2.05, 4.69) is 30.7 Å². The highest BCUT2D eigenvalue weighted by Gasteiger charge is 2.24. The lowest BCUT2D eigenvalue weighted by Crippen LogP contribution is -2.37. The van der Waals surface area contributed by atoms with Crippen LogP contribution in [0.25, 0.3) is 0 Å². The number of aryl methyl sites for hydroxylation is 1. The Balaban J connectivity index is 2.22. The minimum Gasteiger partial charge on any atom is -0.327 e. The molecule has 3 heteroatoms. The molecule has 1 aromatic rings. The Bertz CT molecular complexity index is 393. The van der Waals surface area contributed by atoms with Crippen molar-refractivity contribution in [2.45, 2.75) is 58.9 Å². The standard InChI is InChI=1S/C14H23N3/c1-14(2,3)13(15)8-12-10-6-4-5-7-11(10)16-9-17-12/h9,13H,4-8,15H2,1-3H3. The van der Waals surface area contributed by atoms with Gasteiger partial charge < -0.3 is 5.73 Å². The third-order valence-corrected chi connectivity index (χ3v) is 3.74. The van der Waals surface area contributed by atoms with E-state index in [-0.39, 0.29) is 11.5 Å². The lowest BCUT2D eigenvalue weighted by Gasteiger charge is -2.28. The van der Waals surface area contributed by atoms with E-state index in [9.17, 15) is 0 Å². The van der Waals surface area contributed by atoms with Crippen LogP contribution in [0.1, 0.15) is 50.6 Å². The third-order valence-electron chi connectivity index (χ3n) is 3.74. The SMILES string of the molecule is CC(C)(C)C(N)Cc1ncnc2c1CCCC2. The van der Waals surface area contributed by atoms with Crippen LogP contribution >= 0.6 is 0 Å². The fourth-order valence-electron chi connectivity index (χ4n) is 2.28. The van der Waals surface area contributed by atoms with Crippen molar-refractivity contribution < 1.29 is 0 Å². The summed E-state index contributed by atoms with van der Waals surface area (Å²) in [6.45, 7) is 6.56. The van der Waals surface area contributed by atoms with Crippen molar-refractivity contribution in [3.63, 3.8) is 0 Å². The normalized spacial score (nSPS) is 17.6. The van der Waals surface area contributed by atoms with Crippen LogP contribution in [-0.2, 0) is 19.3 Å². The van der Waals surface area contributed by atoms with Gasteiger partial charge in [0.1, 0.15) is 6.33 Å². The van der Waals surface area contributed by atoms with E-state index in [1.807, 2.05) is 0 Å². The fourth-order valence-corrected chi connectivity index (χ4v) is 2.28. The second-order valence-corrected chi connectivity index (χ2v) is 6.13. The molecule has 0 saturated heterocycles. The Morgan fingerprint density at radius 1 is 1.24 bits per heavy atom. The summed E-state index contributed by atoms with van der Waals surface area (Å²) in [6, 6.07) is 0.156. The number of rotatable bonds is 2. The van der Waals surface area contributed by atoms with Crippen LogP contribution in [0.4, 0.5) is 0 Å². The second-order valence-electron chi connectivity index (χ2n) is 6.13. The van der Waals surface area contributed by atoms with Gasteiger partial charge in [-0.2, -0.15) is 0 Å². The molecule has 1 aliphatic carbocycles. The van der Waals surface area contributed by atoms with Crippen molar-refractivity contribution in [1.29, 1.82) is 0 Å². The van der Waals surface area contributed by atoms with Crippen molar-refractivity contribution in [2.24, 2.45) is 11.1 Å². The van der Waals surface area contributed by atoms with E-state index < -0.39 is 0 Å². The summed E-state index contributed by atoms with van der Waals surface area (Å²) >= 11 is 0. The quantitative estimate of drug-likeness (QED) is 0.852. The summed E-state index contributed by atoms with van der Waals surface area (Å²) in [5.41, 5.74) is 10.2. The van der Waals surface area contributed by atoms with Gasteiger partial charge in [-0.3, -0.25) is 0 Å². The van der Waals surface area contributed by atoms with Gasteiger partial charge >= 0.3 is 0 Å². The smallest absolute Gasteiger partial charge is 0.115 e. The van der Waals surface area contributed by atoms with Gasteiger partial charge in [-0.25, -0.2) is 9.97 Å². The molecular formula is C14H23N3. The first-order valence-electron chi connectivity index (χ1n) is 6.55. The highest BCUT2D eigenvalue weighted by atomic mass is 14.9. The molecule has 1 aromatic heterocycles. The van der Waals surface area contributed by atoms with Crippen LogP contribution in [-0.4, -0.2) is 16.0 Å². The van der Waals surface area contributed by atoms with E-state index >= 15 is 0 Å². The minimum absolute atomic E-state index is 0.131. The molecule has 0 bridgehead atoms. The Kier molecular flexibility index (Phi) is 3.48. The molecule has 1 aliphatic rings. The molecule has 0 fully saturated rings. The summed E-state index contributed by atoms with van der Waals surface area (Å²) < 4.78 is 0. The van der Waals surface area contributed by atoms with E-state index in [0.717, 1.165) is 19.3 Å². The lowest BCUT2D eigenvalue weighted by atomic mass is 9.83. The number of nitrogens with two attached hydrogens (primary N) is 1. The number of hydrogen-bond donors (Lipinski definition) is 1. The maximum Gasteiger partial charge on any atom is 0.115 e. The molecule has 3 nitrogen and oxygen atoms in total. The summed E-state index contributed by atoms with van der Waals surface area (Å²) in [4.78, 5) is 8.85.